The van der Waals surface area contributed by atoms with E-state index in [1.54, 1.807) is 0 Å². The molecular formula is C16H16FNO3. The van der Waals surface area contributed by atoms with Gasteiger partial charge in [-0.05, 0) is 36.8 Å². The number of carboxylic acid groups (broad SMARTS) is 1. The van der Waals surface area contributed by atoms with E-state index in [1.807, 2.05) is 31.2 Å². The highest BCUT2D eigenvalue weighted by Crippen LogP contribution is 2.19. The molecule has 0 aliphatic carbocycles. The summed E-state index contributed by atoms with van der Waals surface area (Å²) >= 11 is 0. The molecule has 21 heavy (non-hydrogen) atoms. The molecule has 0 spiro atoms. The number of rotatable bonds is 6. The van der Waals surface area contributed by atoms with Crippen molar-refractivity contribution in [2.45, 2.75) is 6.92 Å². The van der Waals surface area contributed by atoms with Gasteiger partial charge in [-0.1, -0.05) is 18.2 Å². The highest BCUT2D eigenvalue weighted by Gasteiger charge is 2.14. The van der Waals surface area contributed by atoms with Gasteiger partial charge in [0.25, 0.3) is 0 Å². The van der Waals surface area contributed by atoms with Gasteiger partial charge in [-0.25, -0.2) is 9.18 Å². The van der Waals surface area contributed by atoms with Gasteiger partial charge in [-0.3, -0.25) is 0 Å². The number of aryl methyl sites for hydroxylation is 1. The zero-order valence-corrected chi connectivity index (χ0v) is 11.6. The molecule has 4 nitrogen and oxygen atoms in total. The van der Waals surface area contributed by atoms with Crippen molar-refractivity contribution < 1.29 is 19.0 Å². The van der Waals surface area contributed by atoms with Crippen molar-refractivity contribution >= 4 is 11.7 Å². The van der Waals surface area contributed by atoms with Crippen LogP contribution >= 0.6 is 0 Å². The number of ether oxygens (including phenoxy) is 1. The van der Waals surface area contributed by atoms with Crippen LogP contribution in [0.4, 0.5) is 10.1 Å². The minimum Gasteiger partial charge on any atom is -0.492 e. The summed E-state index contributed by atoms with van der Waals surface area (Å²) in [5.74, 6) is -1.31. The molecule has 2 rings (SSSR count). The summed E-state index contributed by atoms with van der Waals surface area (Å²) in [7, 11) is 0. The second-order valence-corrected chi connectivity index (χ2v) is 4.56. The van der Waals surface area contributed by atoms with Crippen molar-refractivity contribution in [3.63, 3.8) is 0 Å². The van der Waals surface area contributed by atoms with Crippen LogP contribution in [0.2, 0.25) is 0 Å². The molecule has 0 aliphatic rings. The van der Waals surface area contributed by atoms with Crippen molar-refractivity contribution in [1.82, 2.24) is 0 Å². The first-order chi connectivity index (χ1) is 10.1. The van der Waals surface area contributed by atoms with E-state index < -0.39 is 11.8 Å². The first kappa shape index (κ1) is 14.8. The minimum atomic E-state index is -1.30. The fraction of sp³-hybridized carbons (Fsp3) is 0.188. The van der Waals surface area contributed by atoms with E-state index in [-0.39, 0.29) is 11.3 Å². The molecule has 5 heteroatoms. The van der Waals surface area contributed by atoms with Crippen molar-refractivity contribution in [2.24, 2.45) is 0 Å². The molecule has 2 aromatic rings. The van der Waals surface area contributed by atoms with Crippen LogP contribution < -0.4 is 10.1 Å². The van der Waals surface area contributed by atoms with Gasteiger partial charge in [0.15, 0.2) is 0 Å². The Labute approximate surface area is 122 Å². The third-order valence-corrected chi connectivity index (χ3v) is 2.90. The van der Waals surface area contributed by atoms with E-state index in [0.29, 0.717) is 13.2 Å². The molecule has 2 aromatic carbocycles. The van der Waals surface area contributed by atoms with Crippen LogP contribution in [-0.2, 0) is 0 Å². The Balaban J connectivity index is 1.92. The van der Waals surface area contributed by atoms with Gasteiger partial charge in [-0.15, -0.1) is 0 Å². The lowest BCUT2D eigenvalue weighted by Gasteiger charge is -2.11. The SMILES string of the molecule is Cc1cccc(OCCNc2cccc(F)c2C(=O)O)c1. The quantitative estimate of drug-likeness (QED) is 0.801. The summed E-state index contributed by atoms with van der Waals surface area (Å²) in [5.41, 5.74) is 0.988. The Morgan fingerprint density at radius 2 is 2.05 bits per heavy atom. The van der Waals surface area contributed by atoms with Crippen LogP contribution in [0.25, 0.3) is 0 Å². The molecule has 0 bridgehead atoms. The molecule has 110 valence electrons. The average molecular weight is 289 g/mol. The summed E-state index contributed by atoms with van der Waals surface area (Å²) in [6.45, 7) is 2.69. The normalized spacial score (nSPS) is 10.2. The fourth-order valence-corrected chi connectivity index (χ4v) is 1.95. The zero-order chi connectivity index (χ0) is 15.2. The van der Waals surface area contributed by atoms with Crippen molar-refractivity contribution in [3.8, 4) is 5.75 Å². The topological polar surface area (TPSA) is 58.6 Å². The lowest BCUT2D eigenvalue weighted by Crippen LogP contribution is -2.14. The van der Waals surface area contributed by atoms with E-state index >= 15 is 0 Å². The molecule has 2 N–H and O–H groups in total. The summed E-state index contributed by atoms with van der Waals surface area (Å²) in [4.78, 5) is 11.0. The van der Waals surface area contributed by atoms with Gasteiger partial charge < -0.3 is 15.2 Å². The highest BCUT2D eigenvalue weighted by atomic mass is 19.1. The zero-order valence-electron chi connectivity index (χ0n) is 11.6. The number of carbonyl (C=O) groups is 1. The third kappa shape index (κ3) is 3.95. The molecule has 0 radical (unpaired) electrons. The van der Waals surface area contributed by atoms with Crippen LogP contribution in [-0.4, -0.2) is 24.2 Å². The summed E-state index contributed by atoms with van der Waals surface area (Å²) < 4.78 is 19.0. The molecule has 0 saturated carbocycles. The molecule has 0 amide bonds. The number of hydrogen-bond donors (Lipinski definition) is 2. The second-order valence-electron chi connectivity index (χ2n) is 4.56. The molecule has 0 aromatic heterocycles. The largest absolute Gasteiger partial charge is 0.492 e. The maximum atomic E-state index is 13.5. The van der Waals surface area contributed by atoms with E-state index in [0.717, 1.165) is 17.4 Å². The molecule has 0 unspecified atom stereocenters. The van der Waals surface area contributed by atoms with E-state index in [4.69, 9.17) is 9.84 Å². The Morgan fingerprint density at radius 1 is 1.29 bits per heavy atom. The number of benzene rings is 2. The lowest BCUT2D eigenvalue weighted by atomic mass is 10.1. The number of nitrogens with one attached hydrogen (secondary N) is 1. The molecule has 0 atom stereocenters. The maximum Gasteiger partial charge on any atom is 0.340 e. The predicted octanol–water partition coefficient (Wildman–Crippen LogP) is 3.32. The smallest absolute Gasteiger partial charge is 0.340 e. The molecule has 0 fully saturated rings. The lowest BCUT2D eigenvalue weighted by molar-refractivity contribution is 0.0693. The van der Waals surface area contributed by atoms with Crippen LogP contribution in [0.3, 0.4) is 0 Å². The number of hydrogen-bond acceptors (Lipinski definition) is 3. The molecule has 0 heterocycles. The van der Waals surface area contributed by atoms with Crippen LogP contribution in [0.5, 0.6) is 5.75 Å². The Morgan fingerprint density at radius 3 is 2.76 bits per heavy atom. The van der Waals surface area contributed by atoms with E-state index in [2.05, 4.69) is 5.32 Å². The monoisotopic (exact) mass is 289 g/mol. The second kappa shape index (κ2) is 6.74. The number of aromatic carboxylic acids is 1. The van der Waals surface area contributed by atoms with Crippen LogP contribution in [0.15, 0.2) is 42.5 Å². The highest BCUT2D eigenvalue weighted by molar-refractivity contribution is 5.94. The predicted molar refractivity (Wildman–Crippen MR) is 78.5 cm³/mol. The van der Waals surface area contributed by atoms with Gasteiger partial charge in [0.05, 0.1) is 5.69 Å². The molecule has 0 saturated heterocycles. The first-order valence-corrected chi connectivity index (χ1v) is 6.53. The van der Waals surface area contributed by atoms with Gasteiger partial charge in [0.1, 0.15) is 23.7 Å². The maximum absolute atomic E-state index is 13.5. The van der Waals surface area contributed by atoms with Crippen LogP contribution in [0, 0.1) is 12.7 Å². The van der Waals surface area contributed by atoms with Crippen LogP contribution in [0.1, 0.15) is 15.9 Å². The van der Waals surface area contributed by atoms with Gasteiger partial charge >= 0.3 is 5.97 Å². The number of carboxylic acids is 1. The number of anilines is 1. The van der Waals surface area contributed by atoms with Gasteiger partial charge in [0, 0.05) is 6.54 Å². The van der Waals surface area contributed by atoms with Crippen molar-refractivity contribution in [2.75, 3.05) is 18.5 Å². The molecular weight excluding hydrogens is 273 g/mol. The Bertz CT molecular complexity index is 643. The average Bonchev–Trinajstić information content (AvgIpc) is 2.43. The van der Waals surface area contributed by atoms with Crippen molar-refractivity contribution in [3.05, 3.63) is 59.4 Å². The molecule has 0 aliphatic heterocycles. The Kier molecular flexibility index (Phi) is 4.77. The first-order valence-electron chi connectivity index (χ1n) is 6.53. The summed E-state index contributed by atoms with van der Waals surface area (Å²) in [6, 6.07) is 11.7. The van der Waals surface area contributed by atoms with Gasteiger partial charge in [0.2, 0.25) is 0 Å². The summed E-state index contributed by atoms with van der Waals surface area (Å²) in [6.07, 6.45) is 0. The Hall–Kier alpha value is -2.56. The fourth-order valence-electron chi connectivity index (χ4n) is 1.95. The summed E-state index contributed by atoms with van der Waals surface area (Å²) in [5, 5.41) is 11.9. The van der Waals surface area contributed by atoms with E-state index in [9.17, 15) is 9.18 Å². The van der Waals surface area contributed by atoms with E-state index in [1.165, 1.54) is 12.1 Å². The van der Waals surface area contributed by atoms with Gasteiger partial charge in [-0.2, -0.15) is 0 Å². The minimum absolute atomic E-state index is 0.246. The van der Waals surface area contributed by atoms with Crippen molar-refractivity contribution in [1.29, 1.82) is 0 Å². The standard InChI is InChI=1S/C16H16FNO3/c1-11-4-2-5-12(10-11)21-9-8-18-14-7-3-6-13(17)15(14)16(19)20/h2-7,10,18H,8-9H2,1H3,(H,19,20). The third-order valence-electron chi connectivity index (χ3n) is 2.90. The number of halogens is 1.